The number of rotatable bonds is 3. The summed E-state index contributed by atoms with van der Waals surface area (Å²) < 4.78 is 1.07. The van der Waals surface area contributed by atoms with Crippen LogP contribution in [0.25, 0.3) is 0 Å². The lowest BCUT2D eigenvalue weighted by Crippen LogP contribution is -2.42. The second-order valence-corrected chi connectivity index (χ2v) is 5.57. The maximum atomic E-state index is 5.79. The van der Waals surface area contributed by atoms with Gasteiger partial charge in [0.05, 0.1) is 5.69 Å². The number of pyridine rings is 1. The van der Waals surface area contributed by atoms with Gasteiger partial charge in [-0.15, -0.1) is 0 Å². The van der Waals surface area contributed by atoms with Crippen molar-refractivity contribution < 1.29 is 0 Å². The molecule has 0 saturated heterocycles. The molecule has 88 valence electrons. The summed E-state index contributed by atoms with van der Waals surface area (Å²) in [5, 5.41) is 0. The predicted molar refractivity (Wildman–Crippen MR) is 70.6 cm³/mol. The topological polar surface area (TPSA) is 42.2 Å². The SMILES string of the molecule is Cc1nc(N(C)CC2CC(N)C2)ccc1Br. The monoisotopic (exact) mass is 283 g/mol. The Bertz CT molecular complexity index is 375. The van der Waals surface area contributed by atoms with Gasteiger partial charge in [0.1, 0.15) is 5.82 Å². The van der Waals surface area contributed by atoms with Crippen LogP contribution in [0.2, 0.25) is 0 Å². The summed E-state index contributed by atoms with van der Waals surface area (Å²) in [6.45, 7) is 3.07. The van der Waals surface area contributed by atoms with Crippen molar-refractivity contribution in [3.8, 4) is 0 Å². The van der Waals surface area contributed by atoms with Crippen molar-refractivity contribution in [3.05, 3.63) is 22.3 Å². The summed E-state index contributed by atoms with van der Waals surface area (Å²) in [5.41, 5.74) is 6.82. The van der Waals surface area contributed by atoms with Gasteiger partial charge in [-0.05, 0) is 53.7 Å². The average Bonchev–Trinajstić information content (AvgIpc) is 2.19. The Morgan fingerprint density at radius 1 is 1.50 bits per heavy atom. The molecule has 3 nitrogen and oxygen atoms in total. The van der Waals surface area contributed by atoms with E-state index in [-0.39, 0.29) is 0 Å². The Balaban J connectivity index is 1.97. The number of aryl methyl sites for hydroxylation is 1. The molecule has 2 rings (SSSR count). The van der Waals surface area contributed by atoms with Gasteiger partial charge in [0.2, 0.25) is 0 Å². The Kier molecular flexibility index (Phi) is 3.50. The van der Waals surface area contributed by atoms with Crippen LogP contribution in [0.3, 0.4) is 0 Å². The highest BCUT2D eigenvalue weighted by Gasteiger charge is 2.27. The normalized spacial score (nSPS) is 24.0. The molecule has 1 fully saturated rings. The van der Waals surface area contributed by atoms with Gasteiger partial charge >= 0.3 is 0 Å². The van der Waals surface area contributed by atoms with Gasteiger partial charge in [0.15, 0.2) is 0 Å². The van der Waals surface area contributed by atoms with Crippen molar-refractivity contribution in [1.29, 1.82) is 0 Å². The van der Waals surface area contributed by atoms with Crippen molar-refractivity contribution in [1.82, 2.24) is 4.98 Å². The van der Waals surface area contributed by atoms with Gasteiger partial charge in [-0.25, -0.2) is 4.98 Å². The van der Waals surface area contributed by atoms with Gasteiger partial charge < -0.3 is 10.6 Å². The van der Waals surface area contributed by atoms with E-state index < -0.39 is 0 Å². The van der Waals surface area contributed by atoms with Gasteiger partial charge in [0, 0.05) is 24.1 Å². The Morgan fingerprint density at radius 2 is 2.19 bits per heavy atom. The van der Waals surface area contributed by atoms with Crippen molar-refractivity contribution in [2.24, 2.45) is 11.7 Å². The molecule has 0 radical (unpaired) electrons. The van der Waals surface area contributed by atoms with Crippen molar-refractivity contribution >= 4 is 21.7 Å². The fourth-order valence-corrected chi connectivity index (χ4v) is 2.38. The molecule has 0 unspecified atom stereocenters. The van der Waals surface area contributed by atoms with Gasteiger partial charge in [-0.1, -0.05) is 0 Å². The zero-order valence-electron chi connectivity index (χ0n) is 9.78. The van der Waals surface area contributed by atoms with Crippen LogP contribution in [0.4, 0.5) is 5.82 Å². The summed E-state index contributed by atoms with van der Waals surface area (Å²) in [4.78, 5) is 6.77. The van der Waals surface area contributed by atoms with E-state index in [2.05, 4.69) is 45.0 Å². The maximum absolute atomic E-state index is 5.79. The molecule has 1 aromatic rings. The molecule has 4 heteroatoms. The van der Waals surface area contributed by atoms with Crippen LogP contribution in [0, 0.1) is 12.8 Å². The first kappa shape index (κ1) is 11.9. The Morgan fingerprint density at radius 3 is 2.75 bits per heavy atom. The minimum atomic E-state index is 0.429. The van der Waals surface area contributed by atoms with Crippen molar-refractivity contribution in [2.75, 3.05) is 18.5 Å². The average molecular weight is 284 g/mol. The zero-order valence-corrected chi connectivity index (χ0v) is 11.4. The summed E-state index contributed by atoms with van der Waals surface area (Å²) >= 11 is 3.46. The lowest BCUT2D eigenvalue weighted by molar-refractivity contribution is 0.270. The molecule has 0 aromatic carbocycles. The Labute approximate surface area is 105 Å². The van der Waals surface area contributed by atoms with Crippen LogP contribution in [-0.4, -0.2) is 24.6 Å². The molecule has 1 heterocycles. The van der Waals surface area contributed by atoms with E-state index in [1.165, 1.54) is 0 Å². The Hall–Kier alpha value is -0.610. The summed E-state index contributed by atoms with van der Waals surface area (Å²) in [5.74, 6) is 1.78. The number of hydrogen-bond acceptors (Lipinski definition) is 3. The van der Waals surface area contributed by atoms with Crippen LogP contribution in [0.1, 0.15) is 18.5 Å². The number of halogens is 1. The van der Waals surface area contributed by atoms with Crippen LogP contribution >= 0.6 is 15.9 Å². The van der Waals surface area contributed by atoms with Gasteiger partial charge in [-0.2, -0.15) is 0 Å². The minimum absolute atomic E-state index is 0.429. The van der Waals surface area contributed by atoms with E-state index in [0.29, 0.717) is 6.04 Å². The first-order chi connectivity index (χ1) is 7.56. The summed E-state index contributed by atoms with van der Waals surface area (Å²) in [6.07, 6.45) is 2.31. The lowest BCUT2D eigenvalue weighted by Gasteiger charge is -2.35. The number of anilines is 1. The predicted octanol–water partition coefficient (Wildman–Crippen LogP) is 2.33. The molecule has 2 N–H and O–H groups in total. The highest BCUT2D eigenvalue weighted by atomic mass is 79.9. The molecule has 0 aliphatic heterocycles. The third kappa shape index (κ3) is 2.55. The largest absolute Gasteiger partial charge is 0.359 e. The first-order valence-electron chi connectivity index (χ1n) is 5.66. The molecule has 0 spiro atoms. The number of nitrogens with zero attached hydrogens (tertiary/aromatic N) is 2. The minimum Gasteiger partial charge on any atom is -0.359 e. The van der Waals surface area contributed by atoms with E-state index >= 15 is 0 Å². The smallest absolute Gasteiger partial charge is 0.128 e. The van der Waals surface area contributed by atoms with E-state index in [9.17, 15) is 0 Å². The molecule has 1 aliphatic rings. The second kappa shape index (κ2) is 4.72. The van der Waals surface area contributed by atoms with E-state index in [0.717, 1.165) is 41.3 Å². The summed E-state index contributed by atoms with van der Waals surface area (Å²) in [6, 6.07) is 4.54. The van der Waals surface area contributed by atoms with E-state index in [1.807, 2.05) is 6.92 Å². The lowest BCUT2D eigenvalue weighted by atomic mass is 9.80. The third-order valence-corrected chi connectivity index (χ3v) is 4.04. The van der Waals surface area contributed by atoms with Gasteiger partial charge in [0.25, 0.3) is 0 Å². The third-order valence-electron chi connectivity index (χ3n) is 3.20. The number of aromatic nitrogens is 1. The molecule has 16 heavy (non-hydrogen) atoms. The highest BCUT2D eigenvalue weighted by molar-refractivity contribution is 9.10. The molecule has 0 atom stereocenters. The number of hydrogen-bond donors (Lipinski definition) is 1. The van der Waals surface area contributed by atoms with Crippen molar-refractivity contribution in [2.45, 2.75) is 25.8 Å². The molecule has 1 saturated carbocycles. The first-order valence-corrected chi connectivity index (χ1v) is 6.45. The number of nitrogens with two attached hydrogens (primary N) is 1. The molecular formula is C12H18BrN3. The zero-order chi connectivity index (χ0) is 11.7. The van der Waals surface area contributed by atoms with Crippen LogP contribution in [0.15, 0.2) is 16.6 Å². The quantitative estimate of drug-likeness (QED) is 0.926. The summed E-state index contributed by atoms with van der Waals surface area (Å²) in [7, 11) is 2.10. The molecule has 0 amide bonds. The van der Waals surface area contributed by atoms with Crippen molar-refractivity contribution in [3.63, 3.8) is 0 Å². The fourth-order valence-electron chi connectivity index (χ4n) is 2.16. The van der Waals surface area contributed by atoms with E-state index in [4.69, 9.17) is 5.73 Å². The van der Waals surface area contributed by atoms with E-state index in [1.54, 1.807) is 0 Å². The van der Waals surface area contributed by atoms with Crippen LogP contribution < -0.4 is 10.6 Å². The molecule has 0 bridgehead atoms. The van der Waals surface area contributed by atoms with Crippen LogP contribution in [-0.2, 0) is 0 Å². The fraction of sp³-hybridized carbons (Fsp3) is 0.583. The van der Waals surface area contributed by atoms with Gasteiger partial charge in [-0.3, -0.25) is 0 Å². The molecule has 1 aliphatic carbocycles. The maximum Gasteiger partial charge on any atom is 0.128 e. The standard InChI is InChI=1S/C12H18BrN3/c1-8-11(13)3-4-12(15-8)16(2)7-9-5-10(14)6-9/h3-4,9-10H,5-7,14H2,1-2H3. The van der Waals surface area contributed by atoms with Crippen LogP contribution in [0.5, 0.6) is 0 Å². The second-order valence-electron chi connectivity index (χ2n) is 4.71. The highest BCUT2D eigenvalue weighted by Crippen LogP contribution is 2.27. The molecule has 1 aromatic heterocycles. The molecular weight excluding hydrogens is 266 g/mol.